The Bertz CT molecular complexity index is 2510. The number of nitrogens with zero attached hydrogens (tertiary/aromatic N) is 4. The molecule has 8 amide bonds. The van der Waals surface area contributed by atoms with E-state index in [0.29, 0.717) is 70.0 Å². The van der Waals surface area contributed by atoms with Crippen LogP contribution in [0.5, 0.6) is 0 Å². The van der Waals surface area contributed by atoms with Gasteiger partial charge in [-0.05, 0) is 81.0 Å². The molecule has 0 spiro atoms. The second-order valence-corrected chi connectivity index (χ2v) is 24.7. The molecule has 0 saturated carbocycles. The molecule has 2 aromatic rings. The number of carbonyl (C=O) groups is 8. The Balaban J connectivity index is 1.36. The number of rotatable bonds is 34. The lowest BCUT2D eigenvalue weighted by molar-refractivity contribution is -0.148. The van der Waals surface area contributed by atoms with Crippen LogP contribution >= 0.6 is 0 Å². The van der Waals surface area contributed by atoms with Crippen LogP contribution in [0.15, 0.2) is 72.8 Å². The van der Waals surface area contributed by atoms with E-state index in [-0.39, 0.29) is 96.4 Å². The van der Waals surface area contributed by atoms with Crippen LogP contribution < -0.4 is 21.5 Å². The summed E-state index contributed by atoms with van der Waals surface area (Å²) >= 11 is 0. The summed E-state index contributed by atoms with van der Waals surface area (Å²) in [6.07, 6.45) is 5.38. The van der Waals surface area contributed by atoms with E-state index >= 15 is 0 Å². The first-order chi connectivity index (χ1) is 38.4. The first kappa shape index (κ1) is 67.5. The number of sulfone groups is 1. The average Bonchev–Trinajstić information content (AvgIpc) is 4.11. The van der Waals surface area contributed by atoms with Crippen LogP contribution in [-0.2, 0) is 69.8 Å². The lowest BCUT2D eigenvalue weighted by Gasteiger charge is -2.41. The molecular weight excluding hydrogens is 1060 g/mol. The molecule has 2 heterocycles. The van der Waals surface area contributed by atoms with Crippen molar-refractivity contribution >= 4 is 57.1 Å². The van der Waals surface area contributed by atoms with Crippen LogP contribution in [0.2, 0.25) is 0 Å². The second-order valence-electron chi connectivity index (χ2n) is 22.6. The highest BCUT2D eigenvalue weighted by Gasteiger charge is 2.44. The highest BCUT2D eigenvalue weighted by molar-refractivity contribution is 7.90. The van der Waals surface area contributed by atoms with Crippen molar-refractivity contribution in [3.8, 4) is 0 Å². The Labute approximate surface area is 481 Å². The largest absolute Gasteiger partial charge is 0.379 e. The second kappa shape index (κ2) is 33.2. The fraction of sp³-hybridized carbons (Fsp3) is 0.633. The van der Waals surface area contributed by atoms with Crippen molar-refractivity contribution < 1.29 is 56.2 Å². The number of carbonyl (C=O) groups excluding carboxylic acids is 8. The molecule has 2 aliphatic heterocycles. The molecule has 4 N–H and O–H groups in total. The molecule has 0 unspecified atom stereocenters. The first-order valence-corrected chi connectivity index (χ1v) is 30.6. The van der Waals surface area contributed by atoms with Gasteiger partial charge in [0.15, 0.2) is 9.84 Å². The predicted molar refractivity (Wildman–Crippen MR) is 310 cm³/mol. The van der Waals surface area contributed by atoms with Crippen molar-refractivity contribution in [2.45, 2.75) is 167 Å². The number of methoxy groups -OCH3 is 2. The van der Waals surface area contributed by atoms with Crippen LogP contribution in [-0.4, -0.2) is 171 Å². The molecule has 9 atom stereocenters. The molecule has 81 heavy (non-hydrogen) atoms. The molecule has 450 valence electrons. The van der Waals surface area contributed by atoms with Crippen LogP contribution in [0.3, 0.4) is 0 Å². The van der Waals surface area contributed by atoms with Crippen molar-refractivity contribution in [3.63, 3.8) is 0 Å². The van der Waals surface area contributed by atoms with Gasteiger partial charge in [-0.25, -0.2) is 8.42 Å². The zero-order valence-corrected chi connectivity index (χ0v) is 50.5. The molecular formula is C60H92N8O12S. The Morgan fingerprint density at radius 2 is 1.33 bits per heavy atom. The minimum absolute atomic E-state index is 0.0741. The predicted octanol–water partition coefficient (Wildman–Crippen LogP) is 4.76. The lowest BCUT2D eigenvalue weighted by Crippen LogP contribution is -2.60. The molecule has 1 saturated heterocycles. The number of unbranched alkanes of at least 4 members (excludes halogenated alkanes) is 2. The van der Waals surface area contributed by atoms with Gasteiger partial charge in [-0.1, -0.05) is 122 Å². The van der Waals surface area contributed by atoms with Gasteiger partial charge in [0.25, 0.3) is 11.8 Å². The number of likely N-dealkylation sites (tertiary alicyclic amines) is 1. The topological polar surface area (TPSA) is 250 Å². The van der Waals surface area contributed by atoms with Crippen molar-refractivity contribution in [1.82, 2.24) is 41.1 Å². The van der Waals surface area contributed by atoms with Crippen LogP contribution in [0.4, 0.5) is 0 Å². The highest BCUT2D eigenvalue weighted by atomic mass is 32.2. The standard InChI is InChI=1S/C60H92N8O12S/c1-12-42(6)56(66(9)60(76)54(40(2)3)62-59(75)55(41(4)5)65(8)33-23-30-50(70)64-63-49(69)29-20-15-21-34-68-51(71)31-32-52(68)72)48(79-10)37-53(73)67-35-22-28-47(67)57(80-11)43(7)58(74)61-46(36-44-24-16-13-17-25-44)39-81(77,78)38-45-26-18-14-19-27-45/h13-14,16-19,24-27,31-32,40-43,46-48,54-57H,12,15,20-23,28-30,33-39H2,1-11H3,(H,61,74)(H,62,75)(H,63,69)(H,64,70)/t42-,43+,46-,47-,48+,54-,55-,56-,57+/m0/s1. The summed E-state index contributed by atoms with van der Waals surface area (Å²) in [5.74, 6) is -4.61. The fourth-order valence-electron chi connectivity index (χ4n) is 11.1. The molecule has 20 nitrogen and oxygen atoms in total. The number of hydrogen-bond acceptors (Lipinski definition) is 13. The SMILES string of the molecule is CC[C@H](C)[C@@H]([C@@H](CC(=O)N1CCC[C@H]1[C@H](OC)[C@@H](C)C(=O)N[C@@H](Cc1ccccc1)CS(=O)(=O)Cc1ccccc1)OC)N(C)C(=O)[C@@H](NC(=O)[C@H](C(C)C)N(C)CCCC(=O)NNC(=O)CCCCCN1C(=O)C=CC1=O)C(C)C. The van der Waals surface area contributed by atoms with Gasteiger partial charge in [0.1, 0.15) is 6.04 Å². The Hall–Kier alpha value is -6.03. The highest BCUT2D eigenvalue weighted by Crippen LogP contribution is 2.30. The maximum Gasteiger partial charge on any atom is 0.253 e. The number of ether oxygens (including phenoxy) is 2. The lowest BCUT2D eigenvalue weighted by atomic mass is 9.89. The number of imide groups is 1. The van der Waals surface area contributed by atoms with E-state index in [0.717, 1.165) is 10.5 Å². The van der Waals surface area contributed by atoms with E-state index in [4.69, 9.17) is 9.47 Å². The first-order valence-electron chi connectivity index (χ1n) is 28.7. The minimum atomic E-state index is -3.65. The van der Waals surface area contributed by atoms with Crippen molar-refractivity contribution in [3.05, 3.63) is 83.9 Å². The molecule has 0 bridgehead atoms. The molecule has 2 aromatic carbocycles. The molecule has 21 heteroatoms. The number of hydrogen-bond donors (Lipinski definition) is 4. The van der Waals surface area contributed by atoms with Crippen LogP contribution in [0.25, 0.3) is 0 Å². The zero-order chi connectivity index (χ0) is 60.0. The van der Waals surface area contributed by atoms with Gasteiger partial charge in [-0.15, -0.1) is 0 Å². The smallest absolute Gasteiger partial charge is 0.253 e. The summed E-state index contributed by atoms with van der Waals surface area (Å²) in [6, 6.07) is 14.9. The van der Waals surface area contributed by atoms with Gasteiger partial charge in [0.2, 0.25) is 35.4 Å². The third kappa shape index (κ3) is 20.7. The van der Waals surface area contributed by atoms with Gasteiger partial charge in [0.05, 0.1) is 54.2 Å². The summed E-state index contributed by atoms with van der Waals surface area (Å²) in [5.41, 5.74) is 6.39. The summed E-state index contributed by atoms with van der Waals surface area (Å²) in [4.78, 5) is 113. The third-order valence-electron chi connectivity index (χ3n) is 15.7. The number of nitrogens with one attached hydrogen (secondary N) is 4. The van der Waals surface area contributed by atoms with E-state index in [1.165, 1.54) is 26.4 Å². The maximum atomic E-state index is 14.7. The average molecular weight is 1150 g/mol. The summed E-state index contributed by atoms with van der Waals surface area (Å²) in [5, 5.41) is 6.09. The van der Waals surface area contributed by atoms with E-state index in [2.05, 4.69) is 21.5 Å². The summed E-state index contributed by atoms with van der Waals surface area (Å²) in [6.45, 7) is 14.3. The van der Waals surface area contributed by atoms with E-state index in [1.807, 2.05) is 82.8 Å². The van der Waals surface area contributed by atoms with Gasteiger partial charge in [-0.3, -0.25) is 59.0 Å². The number of benzene rings is 2. The molecule has 4 rings (SSSR count). The molecule has 0 aliphatic carbocycles. The Morgan fingerprint density at radius 1 is 0.741 bits per heavy atom. The van der Waals surface area contributed by atoms with Gasteiger partial charge < -0.3 is 29.9 Å². The third-order valence-corrected chi connectivity index (χ3v) is 17.3. The quantitative estimate of drug-likeness (QED) is 0.0420. The molecule has 0 radical (unpaired) electrons. The van der Waals surface area contributed by atoms with E-state index in [9.17, 15) is 46.8 Å². The summed E-state index contributed by atoms with van der Waals surface area (Å²) in [7, 11) is 2.84. The maximum absolute atomic E-state index is 14.7. The monoisotopic (exact) mass is 1150 g/mol. The van der Waals surface area contributed by atoms with Crippen LogP contribution in [0, 0.1) is 23.7 Å². The normalized spacial score (nSPS) is 17.6. The van der Waals surface area contributed by atoms with E-state index in [1.54, 1.807) is 55.1 Å². The van der Waals surface area contributed by atoms with Gasteiger partial charge in [0, 0.05) is 65.4 Å². The van der Waals surface area contributed by atoms with Gasteiger partial charge >= 0.3 is 0 Å². The van der Waals surface area contributed by atoms with Crippen molar-refractivity contribution in [2.24, 2.45) is 23.7 Å². The Kier molecular flexibility index (Phi) is 27.6. The number of hydrazine groups is 1. The summed E-state index contributed by atoms with van der Waals surface area (Å²) < 4.78 is 39.3. The molecule has 0 aromatic heterocycles. The van der Waals surface area contributed by atoms with E-state index < -0.39 is 64.1 Å². The Morgan fingerprint density at radius 3 is 1.89 bits per heavy atom. The minimum Gasteiger partial charge on any atom is -0.379 e. The van der Waals surface area contributed by atoms with Crippen molar-refractivity contribution in [1.29, 1.82) is 0 Å². The zero-order valence-electron chi connectivity index (χ0n) is 49.7. The number of amides is 8. The fourth-order valence-corrected chi connectivity index (χ4v) is 12.8. The van der Waals surface area contributed by atoms with Crippen LogP contribution in [0.1, 0.15) is 124 Å². The van der Waals surface area contributed by atoms with Gasteiger partial charge in [-0.2, -0.15) is 0 Å². The van der Waals surface area contributed by atoms with Crippen molar-refractivity contribution in [2.75, 3.05) is 53.7 Å². The number of likely N-dealkylation sites (N-methyl/N-ethyl adjacent to an activating group) is 2. The molecule has 2 aliphatic rings. The molecule has 1 fully saturated rings.